The number of amides is 1. The molecule has 4 rings (SSSR count). The first kappa shape index (κ1) is 18.8. The molecule has 2 aromatic rings. The van der Waals surface area contributed by atoms with Crippen molar-refractivity contribution in [3.05, 3.63) is 59.2 Å². The molecule has 2 aromatic carbocycles. The number of fused-ring (bicyclic) bond motifs is 1. The third kappa shape index (κ3) is 4.47. The van der Waals surface area contributed by atoms with E-state index >= 15 is 0 Å². The van der Waals surface area contributed by atoms with Crippen molar-refractivity contribution in [3.63, 3.8) is 0 Å². The summed E-state index contributed by atoms with van der Waals surface area (Å²) < 4.78 is 11.0. The Hall–Kier alpha value is -2.53. The maximum atomic E-state index is 12.5. The Morgan fingerprint density at radius 2 is 1.71 bits per heavy atom. The molecule has 0 saturated carbocycles. The third-order valence-corrected chi connectivity index (χ3v) is 5.87. The van der Waals surface area contributed by atoms with Gasteiger partial charge in [-0.3, -0.25) is 4.79 Å². The fraction of sp³-hybridized carbons (Fsp3) is 0.435. The molecule has 1 heterocycles. The number of methoxy groups -OCH3 is 1. The number of rotatable bonds is 6. The fourth-order valence-electron chi connectivity index (χ4n) is 4.16. The van der Waals surface area contributed by atoms with Crippen LogP contribution >= 0.6 is 0 Å². The van der Waals surface area contributed by atoms with Gasteiger partial charge in [-0.25, -0.2) is 0 Å². The van der Waals surface area contributed by atoms with Crippen molar-refractivity contribution in [3.8, 4) is 11.5 Å². The van der Waals surface area contributed by atoms with Crippen molar-refractivity contribution in [2.45, 2.75) is 25.8 Å². The predicted molar refractivity (Wildman–Crippen MR) is 108 cm³/mol. The highest BCUT2D eigenvalue weighted by molar-refractivity contribution is 5.77. The Kier molecular flexibility index (Phi) is 5.81. The first-order valence-corrected chi connectivity index (χ1v) is 10.2. The normalized spacial score (nSPS) is 16.7. The standard InChI is InChI=1S/C23H28N2O3/c1-27-21-8-5-18(6-9-21)16-24-11-13-25(14-12-24)23(26)17-28-22-10-7-19-3-2-4-20(19)15-22/h5-10,15H,2-4,11-14,16-17H2,1H3/p+1. The van der Waals surface area contributed by atoms with E-state index in [4.69, 9.17) is 9.47 Å². The molecule has 28 heavy (non-hydrogen) atoms. The number of benzene rings is 2. The van der Waals surface area contributed by atoms with Crippen LogP contribution in [0.4, 0.5) is 0 Å². The number of nitrogens with one attached hydrogen (secondary N) is 1. The topological polar surface area (TPSA) is 43.2 Å². The van der Waals surface area contributed by atoms with E-state index in [1.165, 1.54) is 28.0 Å². The van der Waals surface area contributed by atoms with Crippen molar-refractivity contribution in [2.24, 2.45) is 0 Å². The highest BCUT2D eigenvalue weighted by Gasteiger charge is 2.24. The molecule has 0 unspecified atom stereocenters. The number of nitrogens with zero attached hydrogens (tertiary/aromatic N) is 1. The molecule has 0 spiro atoms. The molecule has 1 fully saturated rings. The van der Waals surface area contributed by atoms with Crippen molar-refractivity contribution in [1.82, 2.24) is 4.90 Å². The quantitative estimate of drug-likeness (QED) is 0.825. The van der Waals surface area contributed by atoms with Crippen LogP contribution in [0.15, 0.2) is 42.5 Å². The molecule has 1 N–H and O–H groups in total. The lowest BCUT2D eigenvalue weighted by Gasteiger charge is -2.32. The van der Waals surface area contributed by atoms with Gasteiger partial charge in [0.05, 0.1) is 33.3 Å². The Labute approximate surface area is 166 Å². The van der Waals surface area contributed by atoms with E-state index in [-0.39, 0.29) is 12.5 Å². The minimum atomic E-state index is 0.0870. The number of hydrogen-bond acceptors (Lipinski definition) is 3. The monoisotopic (exact) mass is 381 g/mol. The molecule has 1 amide bonds. The molecule has 5 heteroatoms. The van der Waals surface area contributed by atoms with E-state index in [0.29, 0.717) is 0 Å². The number of carbonyl (C=O) groups is 1. The molecule has 0 bridgehead atoms. The number of hydrogen-bond donors (Lipinski definition) is 1. The maximum absolute atomic E-state index is 12.5. The second-order valence-corrected chi connectivity index (χ2v) is 7.73. The van der Waals surface area contributed by atoms with Crippen LogP contribution in [0.1, 0.15) is 23.1 Å². The van der Waals surface area contributed by atoms with E-state index < -0.39 is 0 Å². The zero-order valence-electron chi connectivity index (χ0n) is 16.6. The fourth-order valence-corrected chi connectivity index (χ4v) is 4.16. The number of quaternary nitrogens is 1. The SMILES string of the molecule is COc1ccc(C[NH+]2CCN(C(=O)COc3ccc4c(c3)CCC4)CC2)cc1. The summed E-state index contributed by atoms with van der Waals surface area (Å²) in [5, 5.41) is 0. The van der Waals surface area contributed by atoms with Crippen molar-refractivity contribution in [1.29, 1.82) is 0 Å². The molecule has 0 atom stereocenters. The number of piperazine rings is 1. The smallest absolute Gasteiger partial charge is 0.260 e. The molecule has 5 nitrogen and oxygen atoms in total. The molecule has 0 aromatic heterocycles. The lowest BCUT2D eigenvalue weighted by molar-refractivity contribution is -0.917. The summed E-state index contributed by atoms with van der Waals surface area (Å²) in [6, 6.07) is 14.5. The summed E-state index contributed by atoms with van der Waals surface area (Å²) in [6.07, 6.45) is 3.51. The second kappa shape index (κ2) is 8.65. The van der Waals surface area contributed by atoms with Crippen LogP contribution in [-0.2, 0) is 24.2 Å². The Morgan fingerprint density at radius 3 is 2.46 bits per heavy atom. The lowest BCUT2D eigenvalue weighted by Crippen LogP contribution is -3.13. The Morgan fingerprint density at radius 1 is 1.00 bits per heavy atom. The van der Waals surface area contributed by atoms with E-state index in [1.54, 1.807) is 7.11 Å². The predicted octanol–water partition coefficient (Wildman–Crippen LogP) is 1.49. The largest absolute Gasteiger partial charge is 0.497 e. The molecule has 1 aliphatic carbocycles. The molecule has 2 aliphatic rings. The van der Waals surface area contributed by atoms with Gasteiger partial charge < -0.3 is 19.3 Å². The van der Waals surface area contributed by atoms with Crippen LogP contribution in [0.5, 0.6) is 11.5 Å². The average Bonchev–Trinajstić information content (AvgIpc) is 3.21. The van der Waals surface area contributed by atoms with Gasteiger partial charge in [-0.15, -0.1) is 0 Å². The minimum Gasteiger partial charge on any atom is -0.497 e. The number of aryl methyl sites for hydroxylation is 2. The molecular weight excluding hydrogens is 352 g/mol. The van der Waals surface area contributed by atoms with Crippen molar-refractivity contribution in [2.75, 3.05) is 39.9 Å². The van der Waals surface area contributed by atoms with Crippen molar-refractivity contribution >= 4 is 5.91 Å². The zero-order valence-corrected chi connectivity index (χ0v) is 16.6. The first-order chi connectivity index (χ1) is 13.7. The third-order valence-electron chi connectivity index (χ3n) is 5.87. The lowest BCUT2D eigenvalue weighted by atomic mass is 10.1. The van der Waals surface area contributed by atoms with Gasteiger partial charge in [0, 0.05) is 5.56 Å². The van der Waals surface area contributed by atoms with E-state index in [0.717, 1.165) is 57.1 Å². The number of carbonyl (C=O) groups excluding carboxylic acids is 1. The van der Waals surface area contributed by atoms with Crippen LogP contribution in [-0.4, -0.2) is 50.7 Å². The first-order valence-electron chi connectivity index (χ1n) is 10.2. The van der Waals surface area contributed by atoms with Gasteiger partial charge in [0.15, 0.2) is 6.61 Å². The molecule has 1 saturated heterocycles. The summed E-state index contributed by atoms with van der Waals surface area (Å²) in [7, 11) is 1.69. The summed E-state index contributed by atoms with van der Waals surface area (Å²) in [6.45, 7) is 4.63. The van der Waals surface area contributed by atoms with Gasteiger partial charge in [-0.2, -0.15) is 0 Å². The molecular formula is C23H29N2O3+. The van der Waals surface area contributed by atoms with Gasteiger partial charge in [0.2, 0.25) is 0 Å². The summed E-state index contributed by atoms with van der Waals surface area (Å²) >= 11 is 0. The van der Waals surface area contributed by atoms with Gasteiger partial charge in [0.1, 0.15) is 18.0 Å². The molecule has 0 radical (unpaired) electrons. The van der Waals surface area contributed by atoms with Crippen LogP contribution in [0.25, 0.3) is 0 Å². The maximum Gasteiger partial charge on any atom is 0.260 e. The summed E-state index contributed by atoms with van der Waals surface area (Å²) in [4.78, 5) is 16.0. The van der Waals surface area contributed by atoms with E-state index in [2.05, 4.69) is 24.3 Å². The Balaban J connectivity index is 1.22. The van der Waals surface area contributed by atoms with E-state index in [9.17, 15) is 4.79 Å². The average molecular weight is 381 g/mol. The molecule has 1 aliphatic heterocycles. The highest BCUT2D eigenvalue weighted by atomic mass is 16.5. The Bertz CT molecular complexity index is 811. The van der Waals surface area contributed by atoms with Crippen molar-refractivity contribution < 1.29 is 19.2 Å². The van der Waals surface area contributed by atoms with Crippen LogP contribution in [0.3, 0.4) is 0 Å². The summed E-state index contributed by atoms with van der Waals surface area (Å²) in [5.74, 6) is 1.79. The van der Waals surface area contributed by atoms with Crippen LogP contribution in [0.2, 0.25) is 0 Å². The minimum absolute atomic E-state index is 0.0870. The van der Waals surface area contributed by atoms with Gasteiger partial charge in [-0.05, 0) is 66.8 Å². The second-order valence-electron chi connectivity index (χ2n) is 7.73. The zero-order chi connectivity index (χ0) is 19.3. The van der Waals surface area contributed by atoms with Gasteiger partial charge >= 0.3 is 0 Å². The van der Waals surface area contributed by atoms with Gasteiger partial charge in [-0.1, -0.05) is 6.07 Å². The highest BCUT2D eigenvalue weighted by Crippen LogP contribution is 2.26. The molecule has 148 valence electrons. The summed E-state index contributed by atoms with van der Waals surface area (Å²) in [5.41, 5.74) is 4.10. The van der Waals surface area contributed by atoms with E-state index in [1.807, 2.05) is 23.1 Å². The van der Waals surface area contributed by atoms with Gasteiger partial charge in [0.25, 0.3) is 5.91 Å². The number of ether oxygens (including phenoxy) is 2. The van der Waals surface area contributed by atoms with Crippen LogP contribution in [0, 0.1) is 0 Å². The van der Waals surface area contributed by atoms with Crippen LogP contribution < -0.4 is 14.4 Å².